The maximum absolute atomic E-state index is 10.9. The predicted octanol–water partition coefficient (Wildman–Crippen LogP) is 2.52. The van der Waals surface area contributed by atoms with Gasteiger partial charge >= 0.3 is 5.97 Å². The molecule has 0 aliphatic rings. The fourth-order valence-electron chi connectivity index (χ4n) is 1.42. The van der Waals surface area contributed by atoms with Crippen LogP contribution in [0.3, 0.4) is 0 Å². The summed E-state index contributed by atoms with van der Waals surface area (Å²) in [5, 5.41) is 9.66. The number of rotatable bonds is 3. The first-order valence-electron chi connectivity index (χ1n) is 5.00. The third-order valence-electron chi connectivity index (χ3n) is 1.97. The van der Waals surface area contributed by atoms with Gasteiger partial charge in [-0.3, -0.25) is 4.79 Å². The van der Waals surface area contributed by atoms with Gasteiger partial charge in [-0.25, -0.2) is 0 Å². The number of carbonyl (C=O) groups is 1. The Balaban J connectivity index is 3.02. The zero-order valence-electron chi connectivity index (χ0n) is 9.28. The average Bonchev–Trinajstić information content (AvgIpc) is 2.09. The van der Waals surface area contributed by atoms with E-state index in [4.69, 9.17) is 4.74 Å². The summed E-state index contributed by atoms with van der Waals surface area (Å²) in [7, 11) is 0. The maximum atomic E-state index is 10.9. The van der Waals surface area contributed by atoms with Gasteiger partial charge in [-0.05, 0) is 24.5 Å². The molecule has 1 N–H and O–H groups in total. The lowest BCUT2D eigenvalue weighted by Gasteiger charge is -2.12. The van der Waals surface area contributed by atoms with E-state index < -0.39 is 0 Å². The van der Waals surface area contributed by atoms with Gasteiger partial charge in [0.15, 0.2) is 0 Å². The molecular formula is C12H16O3. The molecule has 1 rings (SSSR count). The first kappa shape index (κ1) is 11.6. The molecule has 0 fully saturated rings. The van der Waals surface area contributed by atoms with Crippen LogP contribution in [0.25, 0.3) is 0 Å². The third-order valence-corrected chi connectivity index (χ3v) is 1.97. The molecule has 0 aliphatic carbocycles. The number of phenolic OH excluding ortho intramolecular Hbond substituents is 1. The van der Waals surface area contributed by atoms with Crippen molar-refractivity contribution in [2.24, 2.45) is 5.92 Å². The Morgan fingerprint density at radius 1 is 1.47 bits per heavy atom. The number of carbonyl (C=O) groups excluding carboxylic acids is 1. The highest BCUT2D eigenvalue weighted by Gasteiger charge is 2.11. The van der Waals surface area contributed by atoms with Gasteiger partial charge in [0.25, 0.3) is 0 Å². The molecule has 82 valence electrons. The Labute approximate surface area is 89.7 Å². The summed E-state index contributed by atoms with van der Waals surface area (Å²) < 4.78 is 5.03. The zero-order chi connectivity index (χ0) is 11.4. The van der Waals surface area contributed by atoms with E-state index in [1.807, 2.05) is 13.8 Å². The van der Waals surface area contributed by atoms with E-state index in [0.717, 1.165) is 0 Å². The Bertz CT molecular complexity index is 356. The molecule has 0 aromatic heterocycles. The monoisotopic (exact) mass is 208 g/mol. The third kappa shape index (κ3) is 3.27. The number of phenols is 1. The molecule has 1 aromatic carbocycles. The molecule has 0 saturated carbocycles. The lowest BCUT2D eigenvalue weighted by Crippen LogP contribution is -2.05. The second kappa shape index (κ2) is 4.82. The Morgan fingerprint density at radius 2 is 2.13 bits per heavy atom. The largest absolute Gasteiger partial charge is 0.508 e. The minimum absolute atomic E-state index is 0.183. The topological polar surface area (TPSA) is 46.5 Å². The van der Waals surface area contributed by atoms with Crippen LogP contribution in [0.2, 0.25) is 0 Å². The van der Waals surface area contributed by atoms with E-state index in [1.165, 1.54) is 6.92 Å². The summed E-state index contributed by atoms with van der Waals surface area (Å²) in [4.78, 5) is 10.9. The van der Waals surface area contributed by atoms with E-state index in [2.05, 4.69) is 0 Å². The normalized spacial score (nSPS) is 10.4. The predicted molar refractivity (Wildman–Crippen MR) is 58.0 cm³/mol. The van der Waals surface area contributed by atoms with Crippen molar-refractivity contribution in [2.75, 3.05) is 0 Å². The van der Waals surface area contributed by atoms with Crippen LogP contribution in [-0.4, -0.2) is 11.1 Å². The van der Waals surface area contributed by atoms with Gasteiger partial charge in [0, 0.05) is 12.5 Å². The van der Waals surface area contributed by atoms with Crippen molar-refractivity contribution in [2.45, 2.75) is 27.2 Å². The minimum atomic E-state index is -0.370. The number of benzene rings is 1. The number of hydrogen-bond donors (Lipinski definition) is 1. The van der Waals surface area contributed by atoms with E-state index in [-0.39, 0.29) is 11.7 Å². The first-order chi connectivity index (χ1) is 7.00. The average molecular weight is 208 g/mol. The number of esters is 1. The smallest absolute Gasteiger partial charge is 0.308 e. The second-order valence-electron chi connectivity index (χ2n) is 3.95. The molecule has 0 bridgehead atoms. The van der Waals surface area contributed by atoms with Gasteiger partial charge in [-0.2, -0.15) is 0 Å². The summed E-state index contributed by atoms with van der Waals surface area (Å²) in [5.74, 6) is 0.664. The minimum Gasteiger partial charge on any atom is -0.508 e. The van der Waals surface area contributed by atoms with Gasteiger partial charge in [0.1, 0.15) is 11.5 Å². The summed E-state index contributed by atoms with van der Waals surface area (Å²) in [5.41, 5.74) is 0.697. The summed E-state index contributed by atoms with van der Waals surface area (Å²) in [6, 6.07) is 4.96. The van der Waals surface area contributed by atoms with E-state index >= 15 is 0 Å². The number of hydrogen-bond acceptors (Lipinski definition) is 3. The molecule has 0 heterocycles. The summed E-state index contributed by atoms with van der Waals surface area (Å²) in [6.07, 6.45) is 0.690. The van der Waals surface area contributed by atoms with Crippen molar-refractivity contribution >= 4 is 5.97 Å². The Kier molecular flexibility index (Phi) is 3.72. The standard InChI is InChI=1S/C12H16O3/c1-8(2)7-10-11(14)5-4-6-12(10)15-9(3)13/h4-6,8,14H,7H2,1-3H3. The lowest BCUT2D eigenvalue weighted by molar-refractivity contribution is -0.131. The van der Waals surface area contributed by atoms with Gasteiger partial charge in [0.2, 0.25) is 0 Å². The van der Waals surface area contributed by atoms with Crippen molar-refractivity contribution in [3.05, 3.63) is 23.8 Å². The van der Waals surface area contributed by atoms with Crippen LogP contribution in [0.4, 0.5) is 0 Å². The summed E-state index contributed by atoms with van der Waals surface area (Å²) in [6.45, 7) is 5.44. The highest BCUT2D eigenvalue weighted by atomic mass is 16.5. The molecular weight excluding hydrogens is 192 g/mol. The van der Waals surface area contributed by atoms with Gasteiger partial charge < -0.3 is 9.84 Å². The van der Waals surface area contributed by atoms with Crippen molar-refractivity contribution in [1.82, 2.24) is 0 Å². The van der Waals surface area contributed by atoms with Gasteiger partial charge in [-0.15, -0.1) is 0 Å². The maximum Gasteiger partial charge on any atom is 0.308 e. The Hall–Kier alpha value is -1.51. The summed E-state index contributed by atoms with van der Waals surface area (Å²) >= 11 is 0. The van der Waals surface area contributed by atoms with Crippen LogP contribution in [0.1, 0.15) is 26.3 Å². The molecule has 0 radical (unpaired) electrons. The van der Waals surface area contributed by atoms with Crippen LogP contribution in [0.5, 0.6) is 11.5 Å². The zero-order valence-corrected chi connectivity index (χ0v) is 9.28. The first-order valence-corrected chi connectivity index (χ1v) is 5.00. The lowest BCUT2D eigenvalue weighted by atomic mass is 10.0. The van der Waals surface area contributed by atoms with Crippen LogP contribution in [0, 0.1) is 5.92 Å². The number of ether oxygens (including phenoxy) is 1. The van der Waals surface area contributed by atoms with E-state index in [9.17, 15) is 9.90 Å². The molecule has 0 atom stereocenters. The molecule has 3 heteroatoms. The fourth-order valence-corrected chi connectivity index (χ4v) is 1.42. The van der Waals surface area contributed by atoms with Crippen molar-refractivity contribution < 1.29 is 14.6 Å². The van der Waals surface area contributed by atoms with Gasteiger partial charge in [-0.1, -0.05) is 19.9 Å². The molecule has 0 amide bonds. The molecule has 0 saturated heterocycles. The SMILES string of the molecule is CC(=O)Oc1cccc(O)c1CC(C)C. The second-order valence-corrected chi connectivity index (χ2v) is 3.95. The van der Waals surface area contributed by atoms with Crippen LogP contribution >= 0.6 is 0 Å². The van der Waals surface area contributed by atoms with Crippen molar-refractivity contribution in [3.8, 4) is 11.5 Å². The van der Waals surface area contributed by atoms with Crippen molar-refractivity contribution in [1.29, 1.82) is 0 Å². The van der Waals surface area contributed by atoms with E-state index in [0.29, 0.717) is 23.7 Å². The Morgan fingerprint density at radius 3 is 2.67 bits per heavy atom. The van der Waals surface area contributed by atoms with E-state index in [1.54, 1.807) is 18.2 Å². The highest BCUT2D eigenvalue weighted by molar-refractivity contribution is 5.70. The van der Waals surface area contributed by atoms with Crippen LogP contribution < -0.4 is 4.74 Å². The molecule has 15 heavy (non-hydrogen) atoms. The number of aromatic hydroxyl groups is 1. The van der Waals surface area contributed by atoms with Crippen LogP contribution in [0.15, 0.2) is 18.2 Å². The van der Waals surface area contributed by atoms with Crippen LogP contribution in [-0.2, 0) is 11.2 Å². The molecule has 0 spiro atoms. The molecule has 1 aromatic rings. The molecule has 3 nitrogen and oxygen atoms in total. The van der Waals surface area contributed by atoms with Gasteiger partial charge in [0.05, 0.1) is 0 Å². The fraction of sp³-hybridized carbons (Fsp3) is 0.417. The van der Waals surface area contributed by atoms with Crippen molar-refractivity contribution in [3.63, 3.8) is 0 Å². The quantitative estimate of drug-likeness (QED) is 0.613. The highest BCUT2D eigenvalue weighted by Crippen LogP contribution is 2.29. The molecule has 0 unspecified atom stereocenters. The molecule has 0 aliphatic heterocycles.